The van der Waals surface area contributed by atoms with E-state index in [0.29, 0.717) is 0 Å². The van der Waals surface area contributed by atoms with Crippen LogP contribution < -0.4 is 19.5 Å². The van der Waals surface area contributed by atoms with Gasteiger partial charge in [-0.1, -0.05) is 18.2 Å². The molecule has 5 heteroatoms. The smallest absolute Gasteiger partial charge is 0.175 e. The quantitative estimate of drug-likeness (QED) is 0.714. The molecule has 2 aromatic carbocycles. The van der Waals surface area contributed by atoms with Crippen molar-refractivity contribution in [3.05, 3.63) is 52.0 Å². The maximum Gasteiger partial charge on any atom is 0.175 e. The maximum absolute atomic E-state index is 5.82. The summed E-state index contributed by atoms with van der Waals surface area (Å²) < 4.78 is 17.5. The summed E-state index contributed by atoms with van der Waals surface area (Å²) in [6, 6.07) is 12.1. The third-order valence-corrected chi connectivity index (χ3v) is 4.07. The minimum absolute atomic E-state index is 0.0877. The van der Waals surface area contributed by atoms with Crippen molar-refractivity contribution in [3.63, 3.8) is 0 Å². The van der Waals surface area contributed by atoms with E-state index in [9.17, 15) is 0 Å². The normalized spacial score (nSPS) is 10.8. The summed E-state index contributed by atoms with van der Waals surface area (Å²) >= 11 is 3.57. The molecule has 0 unspecified atom stereocenters. The first-order valence-corrected chi connectivity index (χ1v) is 8.70. The van der Waals surface area contributed by atoms with Crippen molar-refractivity contribution < 1.29 is 14.2 Å². The average Bonchev–Trinajstić information content (AvgIpc) is 2.57. The van der Waals surface area contributed by atoms with Gasteiger partial charge in [-0.05, 0) is 53.5 Å². The van der Waals surface area contributed by atoms with Crippen LogP contribution in [0.2, 0.25) is 0 Å². The van der Waals surface area contributed by atoms with E-state index in [1.165, 1.54) is 0 Å². The van der Waals surface area contributed by atoms with E-state index in [4.69, 9.17) is 14.2 Å². The fourth-order valence-corrected chi connectivity index (χ4v) is 3.00. The highest BCUT2D eigenvalue weighted by atomic mass is 79.9. The Morgan fingerprint density at radius 3 is 2.38 bits per heavy atom. The molecular formula is C19H24BrNO3. The third-order valence-electron chi connectivity index (χ3n) is 3.48. The molecule has 0 atom stereocenters. The van der Waals surface area contributed by atoms with Crippen LogP contribution >= 0.6 is 15.9 Å². The lowest BCUT2D eigenvalue weighted by Crippen LogP contribution is -2.14. The molecule has 0 bridgehead atoms. The Kier molecular flexibility index (Phi) is 6.94. The van der Waals surface area contributed by atoms with Crippen molar-refractivity contribution in [2.75, 3.05) is 14.2 Å². The summed E-state index contributed by atoms with van der Waals surface area (Å²) in [6.45, 7) is 5.44. The summed E-state index contributed by atoms with van der Waals surface area (Å²) in [5, 5.41) is 3.43. The van der Waals surface area contributed by atoms with Crippen molar-refractivity contribution in [1.82, 2.24) is 5.32 Å². The molecule has 0 aliphatic heterocycles. The highest BCUT2D eigenvalue weighted by molar-refractivity contribution is 9.10. The second-order valence-electron chi connectivity index (χ2n) is 5.69. The van der Waals surface area contributed by atoms with E-state index in [1.54, 1.807) is 14.2 Å². The summed E-state index contributed by atoms with van der Waals surface area (Å²) in [5.41, 5.74) is 2.25. The molecule has 24 heavy (non-hydrogen) atoms. The molecule has 0 spiro atoms. The van der Waals surface area contributed by atoms with E-state index in [-0.39, 0.29) is 6.10 Å². The molecule has 0 amide bonds. The first-order valence-electron chi connectivity index (χ1n) is 7.90. The molecule has 0 radical (unpaired) electrons. The molecule has 1 N–H and O–H groups in total. The SMILES string of the molecule is COc1ccccc1CNCc1cc(Br)c(OC(C)C)c(OC)c1. The van der Waals surface area contributed by atoms with Crippen LogP contribution in [0.1, 0.15) is 25.0 Å². The van der Waals surface area contributed by atoms with Crippen LogP contribution in [0.5, 0.6) is 17.2 Å². The van der Waals surface area contributed by atoms with Crippen LogP contribution in [0, 0.1) is 0 Å². The Morgan fingerprint density at radius 2 is 1.71 bits per heavy atom. The van der Waals surface area contributed by atoms with Gasteiger partial charge in [0.15, 0.2) is 11.5 Å². The predicted octanol–water partition coefficient (Wildman–Crippen LogP) is 4.54. The van der Waals surface area contributed by atoms with Crippen molar-refractivity contribution in [2.45, 2.75) is 33.0 Å². The third kappa shape index (κ3) is 4.89. The van der Waals surface area contributed by atoms with Gasteiger partial charge in [0.1, 0.15) is 5.75 Å². The van der Waals surface area contributed by atoms with Crippen molar-refractivity contribution in [2.24, 2.45) is 0 Å². The monoisotopic (exact) mass is 393 g/mol. The van der Waals surface area contributed by atoms with Gasteiger partial charge < -0.3 is 19.5 Å². The summed E-state index contributed by atoms with van der Waals surface area (Å²) in [7, 11) is 3.34. The Morgan fingerprint density at radius 1 is 1.00 bits per heavy atom. The minimum atomic E-state index is 0.0877. The molecule has 2 rings (SSSR count). The van der Waals surface area contributed by atoms with Gasteiger partial charge in [0.05, 0.1) is 24.8 Å². The van der Waals surface area contributed by atoms with Crippen LogP contribution in [0.3, 0.4) is 0 Å². The molecule has 0 aliphatic rings. The van der Waals surface area contributed by atoms with Gasteiger partial charge in [-0.3, -0.25) is 0 Å². The zero-order valence-corrected chi connectivity index (χ0v) is 16.1. The average molecular weight is 394 g/mol. The first-order chi connectivity index (χ1) is 11.5. The lowest BCUT2D eigenvalue weighted by atomic mass is 10.1. The lowest BCUT2D eigenvalue weighted by Gasteiger charge is -2.17. The first kappa shape index (κ1) is 18.6. The summed E-state index contributed by atoms with van der Waals surface area (Å²) in [4.78, 5) is 0. The number of halogens is 1. The van der Waals surface area contributed by atoms with E-state index in [2.05, 4.69) is 33.4 Å². The van der Waals surface area contributed by atoms with E-state index in [1.807, 2.05) is 38.1 Å². The highest BCUT2D eigenvalue weighted by Gasteiger charge is 2.13. The largest absolute Gasteiger partial charge is 0.496 e. The second kappa shape index (κ2) is 8.94. The molecule has 4 nitrogen and oxygen atoms in total. The lowest BCUT2D eigenvalue weighted by molar-refractivity contribution is 0.228. The number of nitrogens with one attached hydrogen (secondary N) is 1. The standard InChI is InChI=1S/C19H24BrNO3/c1-13(2)24-19-16(20)9-14(10-18(19)23-4)11-21-12-15-7-5-6-8-17(15)22-3/h5-10,13,21H,11-12H2,1-4H3. The van der Waals surface area contributed by atoms with Gasteiger partial charge >= 0.3 is 0 Å². The molecule has 0 fully saturated rings. The van der Waals surface area contributed by atoms with Crippen LogP contribution in [0.4, 0.5) is 0 Å². The van der Waals surface area contributed by atoms with Crippen LogP contribution in [0.25, 0.3) is 0 Å². The van der Waals surface area contributed by atoms with Gasteiger partial charge in [0.2, 0.25) is 0 Å². The molecule has 130 valence electrons. The van der Waals surface area contributed by atoms with E-state index < -0.39 is 0 Å². The summed E-state index contributed by atoms with van der Waals surface area (Å²) in [5.74, 6) is 2.36. The van der Waals surface area contributed by atoms with Gasteiger partial charge in [-0.2, -0.15) is 0 Å². The highest BCUT2D eigenvalue weighted by Crippen LogP contribution is 2.37. The van der Waals surface area contributed by atoms with E-state index in [0.717, 1.165) is 45.9 Å². The zero-order chi connectivity index (χ0) is 17.5. The number of rotatable bonds is 8. The number of methoxy groups -OCH3 is 2. The second-order valence-corrected chi connectivity index (χ2v) is 6.55. The Balaban J connectivity index is 2.06. The molecule has 0 saturated heterocycles. The molecular weight excluding hydrogens is 370 g/mol. The molecule has 0 aliphatic carbocycles. The van der Waals surface area contributed by atoms with Crippen LogP contribution in [-0.4, -0.2) is 20.3 Å². The van der Waals surface area contributed by atoms with Gasteiger partial charge in [0.25, 0.3) is 0 Å². The number of benzene rings is 2. The summed E-state index contributed by atoms with van der Waals surface area (Å²) in [6.07, 6.45) is 0.0877. The van der Waals surface area contributed by atoms with Gasteiger partial charge in [0, 0.05) is 18.7 Å². The molecule has 0 saturated carbocycles. The van der Waals surface area contributed by atoms with Gasteiger partial charge in [-0.25, -0.2) is 0 Å². The predicted molar refractivity (Wildman–Crippen MR) is 100.0 cm³/mol. The van der Waals surface area contributed by atoms with E-state index >= 15 is 0 Å². The zero-order valence-electron chi connectivity index (χ0n) is 14.6. The van der Waals surface area contributed by atoms with Crippen LogP contribution in [-0.2, 0) is 13.1 Å². The van der Waals surface area contributed by atoms with Crippen molar-refractivity contribution in [1.29, 1.82) is 0 Å². The number of hydrogen-bond donors (Lipinski definition) is 1. The Labute approximate surface area is 152 Å². The number of ether oxygens (including phenoxy) is 3. The number of hydrogen-bond acceptors (Lipinski definition) is 4. The Hall–Kier alpha value is -1.72. The van der Waals surface area contributed by atoms with Crippen molar-refractivity contribution >= 4 is 15.9 Å². The van der Waals surface area contributed by atoms with Gasteiger partial charge in [-0.15, -0.1) is 0 Å². The molecule has 0 aromatic heterocycles. The molecule has 2 aromatic rings. The van der Waals surface area contributed by atoms with Crippen molar-refractivity contribution in [3.8, 4) is 17.2 Å². The Bertz CT molecular complexity index is 674. The fraction of sp³-hybridized carbons (Fsp3) is 0.368. The molecule has 0 heterocycles. The minimum Gasteiger partial charge on any atom is -0.496 e. The number of para-hydroxylation sites is 1. The van der Waals surface area contributed by atoms with Crippen LogP contribution in [0.15, 0.2) is 40.9 Å². The fourth-order valence-electron chi connectivity index (χ4n) is 2.42. The topological polar surface area (TPSA) is 39.7 Å². The maximum atomic E-state index is 5.82.